The maximum atomic E-state index is 13.7. The lowest BCUT2D eigenvalue weighted by Gasteiger charge is -2.11. The molecule has 0 aliphatic rings. The summed E-state index contributed by atoms with van der Waals surface area (Å²) in [5, 5.41) is 9.26. The molecule has 0 unspecified atom stereocenters. The number of hydrogen-bond acceptors (Lipinski definition) is 4. The van der Waals surface area contributed by atoms with Gasteiger partial charge in [-0.2, -0.15) is 5.26 Å². The summed E-state index contributed by atoms with van der Waals surface area (Å²) < 4.78 is 19.2. The van der Waals surface area contributed by atoms with E-state index in [1.54, 1.807) is 30.0 Å². The number of nitrogens with two attached hydrogens (primary N) is 1. The highest BCUT2D eigenvalue weighted by Gasteiger charge is 2.12. The standard InChI is InChI=1S/C15H13FN2OS/c1-2-20-15-5-3-4-13(11(15)9-17)19-14-7-6-10(18)8-12(14)16/h3-8H,2,18H2,1H3. The average molecular weight is 288 g/mol. The molecule has 0 aromatic heterocycles. The van der Waals surface area contributed by atoms with Crippen LogP contribution in [-0.2, 0) is 0 Å². The molecule has 0 radical (unpaired) electrons. The Bertz CT molecular complexity index is 667. The third kappa shape index (κ3) is 3.03. The third-order valence-corrected chi connectivity index (χ3v) is 3.52. The van der Waals surface area contributed by atoms with E-state index in [1.807, 2.05) is 13.0 Å². The quantitative estimate of drug-likeness (QED) is 0.677. The number of nitrogen functional groups attached to an aromatic ring is 1. The van der Waals surface area contributed by atoms with E-state index >= 15 is 0 Å². The largest absolute Gasteiger partial charge is 0.453 e. The fraction of sp³-hybridized carbons (Fsp3) is 0.133. The zero-order valence-electron chi connectivity index (χ0n) is 10.9. The molecule has 3 nitrogen and oxygen atoms in total. The van der Waals surface area contributed by atoms with Crippen LogP contribution in [0.5, 0.6) is 11.5 Å². The summed E-state index contributed by atoms with van der Waals surface area (Å²) in [5.74, 6) is 0.681. The second-order valence-corrected chi connectivity index (χ2v) is 5.27. The van der Waals surface area contributed by atoms with Crippen molar-refractivity contribution < 1.29 is 9.13 Å². The molecule has 0 saturated heterocycles. The SMILES string of the molecule is CCSc1cccc(Oc2ccc(N)cc2F)c1C#N. The van der Waals surface area contributed by atoms with Crippen LogP contribution in [-0.4, -0.2) is 5.75 Å². The van der Waals surface area contributed by atoms with Crippen LogP contribution in [0.2, 0.25) is 0 Å². The highest BCUT2D eigenvalue weighted by molar-refractivity contribution is 7.99. The molecule has 0 bridgehead atoms. The Kier molecular flexibility index (Phi) is 4.49. The second-order valence-electron chi connectivity index (χ2n) is 3.97. The number of rotatable bonds is 4. The summed E-state index contributed by atoms with van der Waals surface area (Å²) in [6.07, 6.45) is 0. The first-order valence-corrected chi connectivity index (χ1v) is 7.03. The molecule has 2 N–H and O–H groups in total. The van der Waals surface area contributed by atoms with E-state index < -0.39 is 5.82 Å². The smallest absolute Gasteiger partial charge is 0.167 e. The molecule has 0 aliphatic carbocycles. The molecular formula is C15H13FN2OS. The van der Waals surface area contributed by atoms with Gasteiger partial charge in [0.15, 0.2) is 11.6 Å². The molecule has 0 fully saturated rings. The van der Waals surface area contributed by atoms with Crippen molar-refractivity contribution in [2.24, 2.45) is 0 Å². The van der Waals surface area contributed by atoms with Crippen molar-refractivity contribution in [3.05, 3.63) is 47.8 Å². The highest BCUT2D eigenvalue weighted by atomic mass is 32.2. The Morgan fingerprint density at radius 2 is 2.10 bits per heavy atom. The van der Waals surface area contributed by atoms with Gasteiger partial charge in [-0.15, -0.1) is 11.8 Å². The Morgan fingerprint density at radius 3 is 2.75 bits per heavy atom. The zero-order chi connectivity index (χ0) is 14.5. The summed E-state index contributed by atoms with van der Waals surface area (Å²) in [6, 6.07) is 11.6. The van der Waals surface area contributed by atoms with Crippen LogP contribution >= 0.6 is 11.8 Å². The normalized spacial score (nSPS) is 10.1. The van der Waals surface area contributed by atoms with Gasteiger partial charge in [-0.1, -0.05) is 13.0 Å². The maximum absolute atomic E-state index is 13.7. The van der Waals surface area contributed by atoms with Gasteiger partial charge < -0.3 is 10.5 Å². The Morgan fingerprint density at radius 1 is 1.30 bits per heavy atom. The summed E-state index contributed by atoms with van der Waals surface area (Å²) in [5.41, 5.74) is 6.23. The molecule has 0 spiro atoms. The summed E-state index contributed by atoms with van der Waals surface area (Å²) >= 11 is 1.54. The Balaban J connectivity index is 2.38. The number of hydrogen-bond donors (Lipinski definition) is 1. The molecule has 2 aromatic rings. The van der Waals surface area contributed by atoms with E-state index in [0.29, 0.717) is 17.0 Å². The molecule has 20 heavy (non-hydrogen) atoms. The van der Waals surface area contributed by atoms with Crippen LogP contribution in [0.25, 0.3) is 0 Å². The molecule has 0 aliphatic heterocycles. The number of nitriles is 1. The summed E-state index contributed by atoms with van der Waals surface area (Å²) in [7, 11) is 0. The number of halogens is 1. The topological polar surface area (TPSA) is 59.0 Å². The van der Waals surface area contributed by atoms with Gasteiger partial charge in [0, 0.05) is 16.6 Å². The van der Waals surface area contributed by atoms with E-state index in [4.69, 9.17) is 10.5 Å². The molecule has 0 saturated carbocycles. The molecular weight excluding hydrogens is 275 g/mol. The first-order valence-electron chi connectivity index (χ1n) is 6.04. The van der Waals surface area contributed by atoms with E-state index in [1.165, 1.54) is 12.1 Å². The minimum absolute atomic E-state index is 0.0503. The van der Waals surface area contributed by atoms with Crippen LogP contribution in [0.4, 0.5) is 10.1 Å². The molecule has 2 rings (SSSR count). The van der Waals surface area contributed by atoms with Crippen molar-refractivity contribution in [1.82, 2.24) is 0 Å². The Hall–Kier alpha value is -2.19. The monoisotopic (exact) mass is 288 g/mol. The third-order valence-electron chi connectivity index (χ3n) is 2.58. The fourth-order valence-corrected chi connectivity index (χ4v) is 2.48. The minimum atomic E-state index is -0.553. The molecule has 2 aromatic carbocycles. The van der Waals surface area contributed by atoms with Crippen molar-refractivity contribution in [2.45, 2.75) is 11.8 Å². The predicted octanol–water partition coefficient (Wildman–Crippen LogP) is 4.18. The molecule has 102 valence electrons. The first-order chi connectivity index (χ1) is 9.65. The number of nitrogens with zero attached hydrogens (tertiary/aromatic N) is 1. The number of benzene rings is 2. The number of ether oxygens (including phenoxy) is 1. The summed E-state index contributed by atoms with van der Waals surface area (Å²) in [6.45, 7) is 2.00. The summed E-state index contributed by atoms with van der Waals surface area (Å²) in [4.78, 5) is 0.823. The van der Waals surface area contributed by atoms with E-state index in [-0.39, 0.29) is 5.75 Å². The predicted molar refractivity (Wildman–Crippen MR) is 78.4 cm³/mol. The van der Waals surface area contributed by atoms with E-state index in [9.17, 15) is 9.65 Å². The first kappa shape index (κ1) is 14.2. The highest BCUT2D eigenvalue weighted by Crippen LogP contribution is 2.33. The second kappa shape index (κ2) is 6.31. The molecule has 0 atom stereocenters. The van der Waals surface area contributed by atoms with Gasteiger partial charge in [0.1, 0.15) is 17.4 Å². The van der Waals surface area contributed by atoms with E-state index in [0.717, 1.165) is 10.6 Å². The van der Waals surface area contributed by atoms with Crippen molar-refractivity contribution >= 4 is 17.4 Å². The zero-order valence-corrected chi connectivity index (χ0v) is 11.7. The number of thioether (sulfide) groups is 1. The average Bonchev–Trinajstić information content (AvgIpc) is 2.42. The Labute approximate surface area is 121 Å². The van der Waals surface area contributed by atoms with Gasteiger partial charge in [-0.05, 0) is 30.0 Å². The van der Waals surface area contributed by atoms with Gasteiger partial charge in [-0.25, -0.2) is 4.39 Å². The molecule has 0 amide bonds. The lowest BCUT2D eigenvalue weighted by Crippen LogP contribution is -1.94. The van der Waals surface area contributed by atoms with Crippen molar-refractivity contribution in [1.29, 1.82) is 5.26 Å². The molecule has 0 heterocycles. The van der Waals surface area contributed by atoms with Gasteiger partial charge >= 0.3 is 0 Å². The van der Waals surface area contributed by atoms with Gasteiger partial charge in [-0.3, -0.25) is 0 Å². The van der Waals surface area contributed by atoms with Gasteiger partial charge in [0.2, 0.25) is 0 Å². The lowest BCUT2D eigenvalue weighted by molar-refractivity contribution is 0.440. The maximum Gasteiger partial charge on any atom is 0.167 e. The van der Waals surface area contributed by atoms with Gasteiger partial charge in [0.05, 0.1) is 0 Å². The van der Waals surface area contributed by atoms with Crippen molar-refractivity contribution in [3.8, 4) is 17.6 Å². The van der Waals surface area contributed by atoms with Crippen LogP contribution in [0, 0.1) is 17.1 Å². The van der Waals surface area contributed by atoms with Crippen molar-refractivity contribution in [2.75, 3.05) is 11.5 Å². The minimum Gasteiger partial charge on any atom is -0.453 e. The van der Waals surface area contributed by atoms with Gasteiger partial charge in [0.25, 0.3) is 0 Å². The van der Waals surface area contributed by atoms with Crippen LogP contribution in [0.3, 0.4) is 0 Å². The fourth-order valence-electron chi connectivity index (χ4n) is 1.70. The number of anilines is 1. The van der Waals surface area contributed by atoms with Crippen LogP contribution in [0.15, 0.2) is 41.3 Å². The van der Waals surface area contributed by atoms with Crippen LogP contribution in [0.1, 0.15) is 12.5 Å². The lowest BCUT2D eigenvalue weighted by atomic mass is 10.2. The molecule has 5 heteroatoms. The van der Waals surface area contributed by atoms with E-state index in [2.05, 4.69) is 6.07 Å². The van der Waals surface area contributed by atoms with Crippen LogP contribution < -0.4 is 10.5 Å². The van der Waals surface area contributed by atoms with Crippen molar-refractivity contribution in [3.63, 3.8) is 0 Å².